The van der Waals surface area contributed by atoms with Gasteiger partial charge in [0.15, 0.2) is 0 Å². The molecule has 1 fully saturated rings. The highest BCUT2D eigenvalue weighted by Gasteiger charge is 2.22. The first kappa shape index (κ1) is 20.0. The molecule has 158 valence electrons. The van der Waals surface area contributed by atoms with Crippen molar-refractivity contribution in [1.82, 2.24) is 14.5 Å². The number of para-hydroxylation sites is 2. The quantitative estimate of drug-likeness (QED) is 0.435. The fraction of sp³-hybridized carbons (Fsp3) is 0.280. The number of nitrogens with zero attached hydrogens (tertiary/aromatic N) is 4. The lowest BCUT2D eigenvalue weighted by molar-refractivity contribution is 0.188. The third-order valence-corrected chi connectivity index (χ3v) is 6.84. The maximum absolute atomic E-state index is 12.9. The van der Waals surface area contributed by atoms with Crippen molar-refractivity contribution in [3.63, 3.8) is 0 Å². The summed E-state index contributed by atoms with van der Waals surface area (Å²) in [6.07, 6.45) is 3.69. The van der Waals surface area contributed by atoms with E-state index in [-0.39, 0.29) is 11.6 Å². The second-order valence-corrected chi connectivity index (χ2v) is 8.80. The Morgan fingerprint density at radius 2 is 1.74 bits per heavy atom. The molecular weight excluding hydrogens is 404 g/mol. The molecule has 0 atom stereocenters. The van der Waals surface area contributed by atoms with E-state index in [1.807, 2.05) is 28.8 Å². The standard InChI is InChI=1S/C25H26N4OS/c30-25-23-8-4-5-9-24(23)26-19-29(25)21-10-13-27(14-11-21)15-16-28(22-12-17-31-18-22)20-6-2-1-3-7-20/h1-9,12,17-19,21H,10-11,13-16H2. The summed E-state index contributed by atoms with van der Waals surface area (Å²) >= 11 is 1.73. The Morgan fingerprint density at radius 3 is 2.52 bits per heavy atom. The molecule has 0 spiro atoms. The Morgan fingerprint density at radius 1 is 0.968 bits per heavy atom. The Bertz CT molecular complexity index is 1180. The molecule has 6 heteroatoms. The lowest BCUT2D eigenvalue weighted by Gasteiger charge is -2.34. The van der Waals surface area contributed by atoms with Gasteiger partial charge in [-0.2, -0.15) is 11.3 Å². The molecule has 5 nitrogen and oxygen atoms in total. The van der Waals surface area contributed by atoms with Crippen molar-refractivity contribution < 1.29 is 0 Å². The van der Waals surface area contributed by atoms with Crippen LogP contribution in [-0.2, 0) is 0 Å². The number of aromatic nitrogens is 2. The van der Waals surface area contributed by atoms with E-state index in [2.05, 4.69) is 61.9 Å². The third-order valence-electron chi connectivity index (χ3n) is 6.17. The van der Waals surface area contributed by atoms with Crippen LogP contribution < -0.4 is 10.5 Å². The van der Waals surface area contributed by atoms with Gasteiger partial charge in [-0.1, -0.05) is 30.3 Å². The Kier molecular flexibility index (Phi) is 5.82. The number of likely N-dealkylation sites (tertiary alicyclic amines) is 1. The number of fused-ring (bicyclic) bond motifs is 1. The van der Waals surface area contributed by atoms with Crippen LogP contribution in [0.2, 0.25) is 0 Å². The minimum Gasteiger partial charge on any atom is -0.340 e. The van der Waals surface area contributed by atoms with Gasteiger partial charge in [0, 0.05) is 43.3 Å². The molecule has 0 amide bonds. The Labute approximate surface area is 186 Å². The zero-order chi connectivity index (χ0) is 21.0. The minimum atomic E-state index is 0.0803. The maximum atomic E-state index is 12.9. The topological polar surface area (TPSA) is 41.4 Å². The summed E-state index contributed by atoms with van der Waals surface area (Å²) in [4.78, 5) is 22.3. The fourth-order valence-corrected chi connectivity index (χ4v) is 5.07. The lowest BCUT2D eigenvalue weighted by Crippen LogP contribution is -2.40. The van der Waals surface area contributed by atoms with Crippen LogP contribution >= 0.6 is 11.3 Å². The van der Waals surface area contributed by atoms with Crippen LogP contribution in [-0.4, -0.2) is 40.6 Å². The van der Waals surface area contributed by atoms with Gasteiger partial charge in [-0.15, -0.1) is 0 Å². The van der Waals surface area contributed by atoms with Crippen LogP contribution in [0.1, 0.15) is 18.9 Å². The molecule has 0 saturated carbocycles. The minimum absolute atomic E-state index is 0.0803. The number of anilines is 2. The van der Waals surface area contributed by atoms with Crippen molar-refractivity contribution in [2.24, 2.45) is 0 Å². The average molecular weight is 431 g/mol. The second-order valence-electron chi connectivity index (χ2n) is 8.02. The highest BCUT2D eigenvalue weighted by atomic mass is 32.1. The monoisotopic (exact) mass is 430 g/mol. The number of hydrogen-bond acceptors (Lipinski definition) is 5. The highest BCUT2D eigenvalue weighted by molar-refractivity contribution is 7.08. The van der Waals surface area contributed by atoms with E-state index < -0.39 is 0 Å². The van der Waals surface area contributed by atoms with E-state index in [4.69, 9.17) is 0 Å². The molecule has 1 aliphatic rings. The molecule has 4 aromatic rings. The van der Waals surface area contributed by atoms with Gasteiger partial charge < -0.3 is 9.80 Å². The number of benzene rings is 2. The van der Waals surface area contributed by atoms with Crippen molar-refractivity contribution in [2.45, 2.75) is 18.9 Å². The first-order valence-electron chi connectivity index (χ1n) is 10.8. The van der Waals surface area contributed by atoms with E-state index in [0.717, 1.165) is 44.5 Å². The maximum Gasteiger partial charge on any atom is 0.261 e. The molecule has 0 radical (unpaired) electrons. The van der Waals surface area contributed by atoms with Gasteiger partial charge in [0.1, 0.15) is 0 Å². The summed E-state index contributed by atoms with van der Waals surface area (Å²) in [6.45, 7) is 3.94. The van der Waals surface area contributed by atoms with E-state index in [0.29, 0.717) is 5.39 Å². The third kappa shape index (κ3) is 4.27. The van der Waals surface area contributed by atoms with Gasteiger partial charge in [0.2, 0.25) is 0 Å². The van der Waals surface area contributed by atoms with Crippen molar-refractivity contribution in [1.29, 1.82) is 0 Å². The van der Waals surface area contributed by atoms with Gasteiger partial charge in [-0.3, -0.25) is 9.36 Å². The summed E-state index contributed by atoms with van der Waals surface area (Å²) in [6, 6.07) is 20.6. The zero-order valence-corrected chi connectivity index (χ0v) is 18.2. The molecule has 1 saturated heterocycles. The Balaban J connectivity index is 1.24. The highest BCUT2D eigenvalue weighted by Crippen LogP contribution is 2.28. The summed E-state index contributed by atoms with van der Waals surface area (Å²) in [5, 5.41) is 5.05. The van der Waals surface area contributed by atoms with Crippen molar-refractivity contribution in [2.75, 3.05) is 31.1 Å². The first-order valence-corrected chi connectivity index (χ1v) is 11.8. The lowest BCUT2D eigenvalue weighted by atomic mass is 10.0. The molecule has 5 rings (SSSR count). The smallest absolute Gasteiger partial charge is 0.261 e. The molecular formula is C25H26N4OS. The first-order chi connectivity index (χ1) is 15.3. The van der Waals surface area contributed by atoms with Crippen LogP contribution in [0.25, 0.3) is 10.9 Å². The molecule has 1 aliphatic heterocycles. The molecule has 2 aromatic carbocycles. The van der Waals surface area contributed by atoms with Crippen LogP contribution in [0.15, 0.2) is 82.5 Å². The fourth-order valence-electron chi connectivity index (χ4n) is 4.43. The molecule has 0 unspecified atom stereocenters. The largest absolute Gasteiger partial charge is 0.340 e. The number of thiophene rings is 1. The molecule has 2 aromatic heterocycles. The van der Waals surface area contributed by atoms with Gasteiger partial charge >= 0.3 is 0 Å². The van der Waals surface area contributed by atoms with E-state index in [1.54, 1.807) is 17.7 Å². The van der Waals surface area contributed by atoms with Crippen molar-refractivity contribution in [3.05, 3.63) is 88.1 Å². The van der Waals surface area contributed by atoms with Crippen LogP contribution in [0.4, 0.5) is 11.4 Å². The van der Waals surface area contributed by atoms with Crippen LogP contribution in [0.5, 0.6) is 0 Å². The molecule has 3 heterocycles. The zero-order valence-electron chi connectivity index (χ0n) is 17.4. The Hall–Kier alpha value is -2.96. The van der Waals surface area contributed by atoms with Crippen LogP contribution in [0, 0.1) is 0 Å². The van der Waals surface area contributed by atoms with Gasteiger partial charge in [0.05, 0.1) is 22.9 Å². The normalized spacial score (nSPS) is 15.4. The SMILES string of the molecule is O=c1c2ccccc2ncn1C1CCN(CCN(c2ccccc2)c2ccsc2)CC1. The van der Waals surface area contributed by atoms with Crippen molar-refractivity contribution in [3.8, 4) is 0 Å². The van der Waals surface area contributed by atoms with Gasteiger partial charge in [0.25, 0.3) is 5.56 Å². The van der Waals surface area contributed by atoms with E-state index in [1.165, 1.54) is 11.4 Å². The predicted octanol–water partition coefficient (Wildman–Crippen LogP) is 4.93. The second kappa shape index (κ2) is 9.04. The summed E-state index contributed by atoms with van der Waals surface area (Å²) in [7, 11) is 0. The van der Waals surface area contributed by atoms with E-state index >= 15 is 0 Å². The molecule has 0 N–H and O–H groups in total. The number of rotatable bonds is 6. The molecule has 0 aliphatic carbocycles. The number of piperidine rings is 1. The summed E-state index contributed by atoms with van der Waals surface area (Å²) < 4.78 is 1.85. The average Bonchev–Trinajstić information content (AvgIpc) is 3.36. The molecule has 31 heavy (non-hydrogen) atoms. The summed E-state index contributed by atoms with van der Waals surface area (Å²) in [5.74, 6) is 0. The predicted molar refractivity (Wildman–Crippen MR) is 128 cm³/mol. The molecule has 0 bridgehead atoms. The number of hydrogen-bond donors (Lipinski definition) is 0. The summed E-state index contributed by atoms with van der Waals surface area (Å²) in [5.41, 5.74) is 3.33. The van der Waals surface area contributed by atoms with Gasteiger partial charge in [-0.25, -0.2) is 4.98 Å². The van der Waals surface area contributed by atoms with Gasteiger partial charge in [-0.05, 0) is 48.6 Å². The van der Waals surface area contributed by atoms with Crippen molar-refractivity contribution >= 4 is 33.6 Å². The van der Waals surface area contributed by atoms with E-state index in [9.17, 15) is 4.79 Å². The van der Waals surface area contributed by atoms with Crippen LogP contribution in [0.3, 0.4) is 0 Å².